The van der Waals surface area contributed by atoms with Crippen molar-refractivity contribution in [3.05, 3.63) is 107 Å². The molecule has 10 radical (unpaired) electrons. The maximum Gasteiger partial charge on any atom is 4.00 e. The van der Waals surface area contributed by atoms with Crippen molar-refractivity contribution in [2.45, 2.75) is 25.7 Å². The van der Waals surface area contributed by atoms with Crippen molar-refractivity contribution in [2.75, 3.05) is 6.54 Å². The Bertz CT molecular complexity index is 342. The second-order valence-corrected chi connectivity index (χ2v) is 12.1. The van der Waals surface area contributed by atoms with Gasteiger partial charge in [0.25, 0.3) is 0 Å². The number of hydrogen-bond donors (Lipinski definition) is 0. The first kappa shape index (κ1) is 27.3. The summed E-state index contributed by atoms with van der Waals surface area (Å²) in [5.41, 5.74) is 1.11. The fourth-order valence-corrected chi connectivity index (χ4v) is 2.48. The van der Waals surface area contributed by atoms with Gasteiger partial charge in [-0.15, -0.1) is 12.2 Å². The molecule has 1 aromatic carbocycles. The first-order valence-corrected chi connectivity index (χ1v) is 11.8. The first-order valence-electron chi connectivity index (χ1n) is 8.14. The molecule has 2 saturated carbocycles. The van der Waals surface area contributed by atoms with Crippen molar-refractivity contribution >= 4 is 13.8 Å². The van der Waals surface area contributed by atoms with Gasteiger partial charge < -0.3 is 12.7 Å². The van der Waals surface area contributed by atoms with Gasteiger partial charge in [0.05, 0.1) is 0 Å². The minimum atomic E-state index is -0.905. The predicted octanol–water partition coefficient (Wildman–Crippen LogP) is 6.52. The molecule has 1 nitrogen and oxygen atoms in total. The van der Waals surface area contributed by atoms with Crippen LogP contribution in [0.4, 0.5) is 5.69 Å². The Morgan fingerprint density at radius 1 is 0.680 bits per heavy atom. The van der Waals surface area contributed by atoms with E-state index in [1.807, 2.05) is 82.4 Å². The molecule has 0 N–H and O–H groups in total. The summed E-state index contributed by atoms with van der Waals surface area (Å²) >= 11 is 0. The molecule has 3 rings (SSSR count). The summed E-state index contributed by atoms with van der Waals surface area (Å²) < 4.78 is 0. The SMILES string of the molecule is C[Si](C)(C)CC[N-]c1ccccc1.[CH3-].[CH]1[CH][CH][CH][CH]1.[CH]1[CH][CH][CH][CH]1.[Zr+4]. The molecule has 2 aliphatic carbocycles. The van der Waals surface area contributed by atoms with E-state index in [2.05, 4.69) is 37.1 Å². The second kappa shape index (κ2) is 17.5. The van der Waals surface area contributed by atoms with Crippen LogP contribution in [0.15, 0.2) is 30.3 Å². The molecule has 0 heterocycles. The third-order valence-electron chi connectivity index (χ3n) is 3.02. The Morgan fingerprint density at radius 3 is 1.36 bits per heavy atom. The number of para-hydroxylation sites is 1. The molecule has 0 bridgehead atoms. The fraction of sp³-hybridized carbons (Fsp3) is 0.227. The van der Waals surface area contributed by atoms with E-state index in [1.54, 1.807) is 0 Å². The van der Waals surface area contributed by atoms with Crippen LogP contribution in [0.2, 0.25) is 25.7 Å². The van der Waals surface area contributed by atoms with E-state index in [-0.39, 0.29) is 33.6 Å². The van der Waals surface area contributed by atoms with Crippen molar-refractivity contribution in [2.24, 2.45) is 0 Å². The Morgan fingerprint density at radius 2 is 1.04 bits per heavy atom. The van der Waals surface area contributed by atoms with Crippen molar-refractivity contribution in [3.8, 4) is 0 Å². The number of hydrogen-bond acceptors (Lipinski definition) is 0. The zero-order valence-electron chi connectivity index (χ0n) is 16.0. The van der Waals surface area contributed by atoms with Crippen LogP contribution in [-0.2, 0) is 26.2 Å². The van der Waals surface area contributed by atoms with E-state index in [9.17, 15) is 0 Å². The summed E-state index contributed by atoms with van der Waals surface area (Å²) in [5, 5.41) is 4.53. The van der Waals surface area contributed by atoms with Gasteiger partial charge in [0, 0.05) is 8.07 Å². The number of rotatable bonds is 4. The molecular weight excluding hydrogens is 398 g/mol. The number of benzene rings is 1. The molecule has 25 heavy (non-hydrogen) atoms. The van der Waals surface area contributed by atoms with Crippen LogP contribution >= 0.6 is 0 Å². The van der Waals surface area contributed by atoms with Gasteiger partial charge >= 0.3 is 26.2 Å². The maximum absolute atomic E-state index is 4.53. The van der Waals surface area contributed by atoms with Crippen LogP contribution in [0.5, 0.6) is 0 Å². The van der Waals surface area contributed by atoms with Crippen molar-refractivity contribution in [3.63, 3.8) is 0 Å². The molecule has 130 valence electrons. The molecule has 1 aromatic rings. The third kappa shape index (κ3) is 18.7. The fourth-order valence-electron chi connectivity index (χ4n) is 1.70. The molecular formula is C22H31NSiZr+2. The standard InChI is InChI=1S/C11H18NSi.2C5H5.CH3.Zr/c1-13(2,3)10-9-12-11-7-5-4-6-8-11;2*1-2-4-5-3-1;;/h4-8H,9-10H2,1-3H3;2*1-5H;1H3;/q-1;;;-1;+4. The zero-order chi connectivity index (χ0) is 16.8. The predicted molar refractivity (Wildman–Crippen MR) is 112 cm³/mol. The smallest absolute Gasteiger partial charge is 0.685 e. The van der Waals surface area contributed by atoms with Gasteiger partial charge in [-0.1, -0.05) is 56.0 Å². The largest absolute Gasteiger partial charge is 4.00 e. The normalized spacial score (nSPS) is 15.5. The van der Waals surface area contributed by atoms with E-state index in [1.165, 1.54) is 6.04 Å². The van der Waals surface area contributed by atoms with Crippen molar-refractivity contribution < 1.29 is 26.2 Å². The van der Waals surface area contributed by atoms with Crippen molar-refractivity contribution in [1.29, 1.82) is 0 Å². The minimum absolute atomic E-state index is 0. The second-order valence-electron chi connectivity index (χ2n) is 6.45. The molecule has 0 aliphatic heterocycles. The van der Waals surface area contributed by atoms with Crippen LogP contribution in [0.25, 0.3) is 5.32 Å². The molecule has 0 unspecified atom stereocenters. The zero-order valence-corrected chi connectivity index (χ0v) is 19.5. The summed E-state index contributed by atoms with van der Waals surface area (Å²) in [7, 11) is -0.905. The minimum Gasteiger partial charge on any atom is -0.685 e. The Kier molecular flexibility index (Phi) is 19.2. The first-order chi connectivity index (χ1) is 11.1. The van der Waals surface area contributed by atoms with Gasteiger partial charge in [0.15, 0.2) is 0 Å². The Balaban J connectivity index is 0. The molecule has 3 heteroatoms. The van der Waals surface area contributed by atoms with Gasteiger partial charge in [0.2, 0.25) is 0 Å². The summed E-state index contributed by atoms with van der Waals surface area (Å²) in [5.74, 6) is 0. The van der Waals surface area contributed by atoms with Gasteiger partial charge in [-0.05, 0) is 64.2 Å². The molecule has 0 aromatic heterocycles. The van der Waals surface area contributed by atoms with Crippen LogP contribution in [0.3, 0.4) is 0 Å². The van der Waals surface area contributed by atoms with E-state index < -0.39 is 8.07 Å². The molecule has 0 spiro atoms. The van der Waals surface area contributed by atoms with Crippen LogP contribution in [-0.4, -0.2) is 14.6 Å². The van der Waals surface area contributed by atoms with Crippen LogP contribution < -0.4 is 0 Å². The third-order valence-corrected chi connectivity index (χ3v) is 4.75. The molecule has 0 amide bonds. The molecule has 2 fully saturated rings. The topological polar surface area (TPSA) is 14.1 Å². The van der Waals surface area contributed by atoms with Gasteiger partial charge in [-0.25, -0.2) is 0 Å². The average Bonchev–Trinajstić information content (AvgIpc) is 3.26. The Hall–Kier alpha value is 0.120. The summed E-state index contributed by atoms with van der Waals surface area (Å²) in [6.07, 6.45) is 20.0. The van der Waals surface area contributed by atoms with Crippen molar-refractivity contribution in [1.82, 2.24) is 0 Å². The van der Waals surface area contributed by atoms with E-state index in [4.69, 9.17) is 0 Å². The summed E-state index contributed by atoms with van der Waals surface area (Å²) in [6.45, 7) is 8.13. The summed E-state index contributed by atoms with van der Waals surface area (Å²) in [4.78, 5) is 0. The van der Waals surface area contributed by atoms with Crippen LogP contribution in [0, 0.1) is 71.6 Å². The molecule has 2 aliphatic rings. The van der Waals surface area contributed by atoms with Gasteiger partial charge in [-0.3, -0.25) is 0 Å². The van der Waals surface area contributed by atoms with E-state index in [0.29, 0.717) is 0 Å². The number of nitrogens with zero attached hydrogens (tertiary/aromatic N) is 1. The monoisotopic (exact) mass is 427 g/mol. The van der Waals surface area contributed by atoms with Gasteiger partial charge in [-0.2, -0.15) is 0 Å². The van der Waals surface area contributed by atoms with E-state index >= 15 is 0 Å². The Labute approximate surface area is 178 Å². The average molecular weight is 429 g/mol. The molecule has 0 atom stereocenters. The van der Waals surface area contributed by atoms with E-state index in [0.717, 1.165) is 12.2 Å². The quantitative estimate of drug-likeness (QED) is 0.383. The van der Waals surface area contributed by atoms with Gasteiger partial charge in [0.1, 0.15) is 0 Å². The molecule has 0 saturated heterocycles. The van der Waals surface area contributed by atoms with Crippen LogP contribution in [0.1, 0.15) is 0 Å². The maximum atomic E-state index is 4.53. The summed E-state index contributed by atoms with van der Waals surface area (Å²) in [6, 6.07) is 11.5.